The Morgan fingerprint density at radius 2 is 1.95 bits per heavy atom. The Hall–Kier alpha value is -1.58. The molecular weight excluding hydrogens is 272 g/mol. The first-order valence-electron chi connectivity index (χ1n) is 6.99. The maximum atomic E-state index is 12.2. The van der Waals surface area contributed by atoms with Gasteiger partial charge in [0.15, 0.2) is 5.78 Å². The standard InChI is InChI=1S/C14H18N4OS/c15-7-10-11(17)13(12(19)8-1-2-8)20-14(10)18-5-3-9(16)4-6-18/h8-9H,1-6,16-17H2. The van der Waals surface area contributed by atoms with Gasteiger partial charge in [-0.1, -0.05) is 0 Å². The van der Waals surface area contributed by atoms with Gasteiger partial charge in [0.2, 0.25) is 0 Å². The molecule has 6 heteroatoms. The Bertz CT molecular complexity index is 577. The van der Waals surface area contributed by atoms with E-state index in [1.165, 1.54) is 11.3 Å². The lowest BCUT2D eigenvalue weighted by Crippen LogP contribution is -2.39. The molecule has 20 heavy (non-hydrogen) atoms. The van der Waals surface area contributed by atoms with Crippen LogP contribution >= 0.6 is 11.3 Å². The summed E-state index contributed by atoms with van der Waals surface area (Å²) in [5.41, 5.74) is 12.8. The molecule has 1 aliphatic carbocycles. The molecule has 1 saturated heterocycles. The number of thiophene rings is 1. The molecule has 2 fully saturated rings. The van der Waals surface area contributed by atoms with Gasteiger partial charge in [0.1, 0.15) is 16.6 Å². The third-order valence-electron chi connectivity index (χ3n) is 4.04. The molecule has 2 heterocycles. The molecule has 0 unspecified atom stereocenters. The van der Waals surface area contributed by atoms with Crippen molar-refractivity contribution in [2.24, 2.45) is 11.7 Å². The van der Waals surface area contributed by atoms with Crippen molar-refractivity contribution in [1.29, 1.82) is 5.26 Å². The molecule has 1 aromatic rings. The van der Waals surface area contributed by atoms with Crippen LogP contribution in [0.4, 0.5) is 10.7 Å². The van der Waals surface area contributed by atoms with Crippen molar-refractivity contribution >= 4 is 27.8 Å². The second-order valence-corrected chi connectivity index (χ2v) is 6.60. The second kappa shape index (κ2) is 5.08. The van der Waals surface area contributed by atoms with E-state index in [1.54, 1.807) is 0 Å². The van der Waals surface area contributed by atoms with E-state index < -0.39 is 0 Å². The Morgan fingerprint density at radius 3 is 2.50 bits per heavy atom. The van der Waals surface area contributed by atoms with E-state index in [0.29, 0.717) is 16.1 Å². The van der Waals surface area contributed by atoms with Gasteiger partial charge in [0, 0.05) is 25.0 Å². The number of hydrogen-bond donors (Lipinski definition) is 2. The number of anilines is 2. The van der Waals surface area contributed by atoms with Crippen LogP contribution in [0.25, 0.3) is 0 Å². The quantitative estimate of drug-likeness (QED) is 0.826. The van der Waals surface area contributed by atoms with Gasteiger partial charge in [0.25, 0.3) is 0 Å². The first kappa shape index (κ1) is 13.4. The molecule has 0 aromatic carbocycles. The Labute approximate surface area is 122 Å². The van der Waals surface area contributed by atoms with E-state index in [2.05, 4.69) is 11.0 Å². The summed E-state index contributed by atoms with van der Waals surface area (Å²) in [5, 5.41) is 10.2. The highest BCUT2D eigenvalue weighted by Gasteiger charge is 2.35. The van der Waals surface area contributed by atoms with Gasteiger partial charge in [-0.25, -0.2) is 0 Å². The van der Waals surface area contributed by atoms with Crippen LogP contribution in [-0.2, 0) is 0 Å². The van der Waals surface area contributed by atoms with Crippen LogP contribution in [0.5, 0.6) is 0 Å². The topological polar surface area (TPSA) is 96.1 Å². The summed E-state index contributed by atoms with van der Waals surface area (Å²) in [5.74, 6) is 0.245. The van der Waals surface area contributed by atoms with Crippen molar-refractivity contribution in [2.45, 2.75) is 31.7 Å². The lowest BCUT2D eigenvalue weighted by atomic mass is 10.1. The highest BCUT2D eigenvalue weighted by atomic mass is 32.1. The van der Waals surface area contributed by atoms with Gasteiger partial charge in [-0.3, -0.25) is 4.79 Å². The maximum Gasteiger partial charge on any atom is 0.178 e. The fourth-order valence-electron chi connectivity index (χ4n) is 2.58. The minimum absolute atomic E-state index is 0.115. The maximum absolute atomic E-state index is 12.2. The highest BCUT2D eigenvalue weighted by molar-refractivity contribution is 7.19. The second-order valence-electron chi connectivity index (χ2n) is 5.60. The van der Waals surface area contributed by atoms with Crippen molar-refractivity contribution in [3.05, 3.63) is 10.4 Å². The van der Waals surface area contributed by atoms with Gasteiger partial charge in [0.05, 0.1) is 10.6 Å². The highest BCUT2D eigenvalue weighted by Crippen LogP contribution is 2.43. The zero-order chi connectivity index (χ0) is 14.3. The minimum atomic E-state index is 0.115. The molecule has 106 valence electrons. The predicted molar refractivity (Wildman–Crippen MR) is 79.9 cm³/mol. The number of rotatable bonds is 3. The van der Waals surface area contributed by atoms with E-state index in [0.717, 1.165) is 43.8 Å². The molecule has 0 atom stereocenters. The van der Waals surface area contributed by atoms with E-state index in [4.69, 9.17) is 11.5 Å². The number of carbonyl (C=O) groups excluding carboxylic acids is 1. The fraction of sp³-hybridized carbons (Fsp3) is 0.571. The third-order valence-corrected chi connectivity index (χ3v) is 5.32. The number of Topliss-reactive ketones (excluding diaryl/α,β-unsaturated/α-hetero) is 1. The zero-order valence-corrected chi connectivity index (χ0v) is 12.1. The lowest BCUT2D eigenvalue weighted by molar-refractivity contribution is 0.0972. The molecule has 0 radical (unpaired) electrons. The van der Waals surface area contributed by atoms with E-state index in [1.807, 2.05) is 0 Å². The summed E-state index contributed by atoms with van der Waals surface area (Å²) in [4.78, 5) is 14.9. The summed E-state index contributed by atoms with van der Waals surface area (Å²) in [6.45, 7) is 1.65. The Kier molecular flexibility index (Phi) is 3.40. The molecule has 4 N–H and O–H groups in total. The van der Waals surface area contributed by atoms with Gasteiger partial charge in [-0.15, -0.1) is 11.3 Å². The van der Waals surface area contributed by atoms with E-state index >= 15 is 0 Å². The number of nitrogen functional groups attached to an aromatic ring is 1. The van der Waals surface area contributed by atoms with Gasteiger partial charge in [-0.2, -0.15) is 5.26 Å². The number of ketones is 1. The van der Waals surface area contributed by atoms with Crippen LogP contribution in [-0.4, -0.2) is 24.9 Å². The summed E-state index contributed by atoms with van der Waals surface area (Å²) in [6, 6.07) is 2.40. The largest absolute Gasteiger partial charge is 0.396 e. The first-order valence-corrected chi connectivity index (χ1v) is 7.80. The molecule has 0 amide bonds. The van der Waals surface area contributed by atoms with Gasteiger partial charge < -0.3 is 16.4 Å². The van der Waals surface area contributed by atoms with Crippen LogP contribution in [0.2, 0.25) is 0 Å². The fourth-order valence-corrected chi connectivity index (χ4v) is 3.82. The minimum Gasteiger partial charge on any atom is -0.396 e. The third kappa shape index (κ3) is 2.28. The molecule has 1 aliphatic heterocycles. The van der Waals surface area contributed by atoms with Gasteiger partial charge >= 0.3 is 0 Å². The number of nitrogens with two attached hydrogens (primary N) is 2. The SMILES string of the molecule is N#Cc1c(N2CCC(N)CC2)sc(C(=O)C2CC2)c1N. The van der Waals surface area contributed by atoms with Gasteiger partial charge in [-0.05, 0) is 25.7 Å². The summed E-state index contributed by atoms with van der Waals surface area (Å²) < 4.78 is 0. The van der Waals surface area contributed by atoms with Crippen molar-refractivity contribution in [2.75, 3.05) is 23.7 Å². The van der Waals surface area contributed by atoms with E-state index in [-0.39, 0.29) is 17.7 Å². The van der Waals surface area contributed by atoms with Crippen LogP contribution in [0, 0.1) is 17.2 Å². The molecule has 2 aliphatic rings. The zero-order valence-electron chi connectivity index (χ0n) is 11.3. The number of carbonyl (C=O) groups is 1. The van der Waals surface area contributed by atoms with Crippen LogP contribution in [0.3, 0.4) is 0 Å². The van der Waals surface area contributed by atoms with Crippen LogP contribution < -0.4 is 16.4 Å². The smallest absolute Gasteiger partial charge is 0.178 e. The normalized spacial score (nSPS) is 19.9. The molecule has 1 aromatic heterocycles. The molecule has 1 saturated carbocycles. The monoisotopic (exact) mass is 290 g/mol. The molecule has 5 nitrogen and oxygen atoms in total. The number of nitrogens with zero attached hydrogens (tertiary/aromatic N) is 2. The summed E-state index contributed by atoms with van der Waals surface area (Å²) in [6.07, 6.45) is 3.72. The van der Waals surface area contributed by atoms with Crippen LogP contribution in [0.1, 0.15) is 40.9 Å². The number of piperidine rings is 1. The van der Waals surface area contributed by atoms with E-state index in [9.17, 15) is 10.1 Å². The number of hydrogen-bond acceptors (Lipinski definition) is 6. The van der Waals surface area contributed by atoms with Crippen molar-refractivity contribution in [1.82, 2.24) is 0 Å². The molecular formula is C14H18N4OS. The average molecular weight is 290 g/mol. The summed E-state index contributed by atoms with van der Waals surface area (Å²) >= 11 is 1.38. The summed E-state index contributed by atoms with van der Waals surface area (Å²) in [7, 11) is 0. The van der Waals surface area contributed by atoms with Crippen molar-refractivity contribution < 1.29 is 4.79 Å². The molecule has 3 rings (SSSR count). The lowest BCUT2D eigenvalue weighted by Gasteiger charge is -2.31. The van der Waals surface area contributed by atoms with Crippen molar-refractivity contribution in [3.63, 3.8) is 0 Å². The predicted octanol–water partition coefficient (Wildman–Crippen LogP) is 1.72. The first-order chi connectivity index (χ1) is 9.61. The molecule has 0 bridgehead atoms. The van der Waals surface area contributed by atoms with Crippen molar-refractivity contribution in [3.8, 4) is 6.07 Å². The Morgan fingerprint density at radius 1 is 1.30 bits per heavy atom. The van der Waals surface area contributed by atoms with Crippen LogP contribution in [0.15, 0.2) is 0 Å². The number of nitriles is 1. The molecule has 0 spiro atoms. The Balaban J connectivity index is 1.92. The average Bonchev–Trinajstić information content (AvgIpc) is 3.23.